The number of hydrogen-bond donors (Lipinski definition) is 2. The number of nitrogens with zero attached hydrogens (tertiary/aromatic N) is 6. The molecule has 0 aliphatic carbocycles. The van der Waals surface area contributed by atoms with E-state index in [-0.39, 0.29) is 12.1 Å². The van der Waals surface area contributed by atoms with Crippen molar-refractivity contribution in [1.29, 1.82) is 0 Å². The van der Waals surface area contributed by atoms with Gasteiger partial charge in [0.1, 0.15) is 0 Å². The summed E-state index contributed by atoms with van der Waals surface area (Å²) in [6.07, 6.45) is 11.1. The fourth-order valence-corrected chi connectivity index (χ4v) is 3.55. The van der Waals surface area contributed by atoms with Crippen molar-refractivity contribution in [3.05, 3.63) is 47.3 Å². The minimum atomic E-state index is -0.957. The van der Waals surface area contributed by atoms with Gasteiger partial charge in [-0.25, -0.2) is 0 Å². The summed E-state index contributed by atoms with van der Waals surface area (Å²) in [6.45, 7) is 9.24. The number of nitrogens with one attached hydrogen (secondary N) is 2. The topological polar surface area (TPSA) is 116 Å². The quantitative estimate of drug-likeness (QED) is 0.642. The summed E-state index contributed by atoms with van der Waals surface area (Å²) >= 11 is 0. The van der Waals surface area contributed by atoms with Crippen LogP contribution in [0, 0.1) is 0 Å². The maximum atomic E-state index is 5.84. The fraction of sp³-hybridized carbons (Fsp3) is 0.571. The standard InChI is InChI=1S/C21H32N8O2/c1-6-9-10-11-16-12-13-17(7-2)23-21(14-22-15(16)4,18-24-28-29(8-3)27-18)19-25-26-20(30-5)31-19/h6,9-11,17,22-23H,7-8,12-14H2,1-5H3/b9-6-,11-10-,16-15-. The Morgan fingerprint density at radius 3 is 2.74 bits per heavy atom. The van der Waals surface area contributed by atoms with Gasteiger partial charge in [0.15, 0.2) is 5.54 Å². The molecule has 3 rings (SSSR count). The number of allylic oxidation sites excluding steroid dienone is 6. The van der Waals surface area contributed by atoms with Crippen molar-refractivity contribution in [2.75, 3.05) is 13.7 Å². The Morgan fingerprint density at radius 1 is 1.26 bits per heavy atom. The summed E-state index contributed by atoms with van der Waals surface area (Å²) in [5.41, 5.74) is 1.38. The molecule has 1 aliphatic rings. The van der Waals surface area contributed by atoms with Crippen LogP contribution < -0.4 is 15.4 Å². The van der Waals surface area contributed by atoms with E-state index in [1.165, 1.54) is 12.7 Å². The second-order valence-electron chi connectivity index (χ2n) is 7.46. The molecule has 0 radical (unpaired) electrons. The summed E-state index contributed by atoms with van der Waals surface area (Å²) in [5, 5.41) is 28.6. The third kappa shape index (κ3) is 5.01. The first-order valence-corrected chi connectivity index (χ1v) is 10.7. The highest BCUT2D eigenvalue weighted by atomic mass is 16.6. The van der Waals surface area contributed by atoms with E-state index in [1.807, 2.05) is 26.0 Å². The molecule has 10 nitrogen and oxygen atoms in total. The smallest absolute Gasteiger partial charge is 0.414 e. The Hall–Kier alpha value is -3.01. The lowest BCUT2D eigenvalue weighted by Crippen LogP contribution is -2.55. The van der Waals surface area contributed by atoms with E-state index in [0.717, 1.165) is 25.0 Å². The maximum Gasteiger partial charge on any atom is 0.414 e. The summed E-state index contributed by atoms with van der Waals surface area (Å²) < 4.78 is 11.0. The Kier molecular flexibility index (Phi) is 7.56. The molecule has 3 heterocycles. The van der Waals surface area contributed by atoms with Crippen LogP contribution in [-0.2, 0) is 12.1 Å². The molecule has 2 aromatic rings. The third-order valence-corrected chi connectivity index (χ3v) is 5.47. The molecule has 2 N–H and O–H groups in total. The molecule has 2 unspecified atom stereocenters. The Balaban J connectivity index is 2.09. The maximum absolute atomic E-state index is 5.84. The van der Waals surface area contributed by atoms with Crippen LogP contribution in [0.3, 0.4) is 0 Å². The zero-order chi connectivity index (χ0) is 22.3. The van der Waals surface area contributed by atoms with Crippen LogP contribution in [0.25, 0.3) is 0 Å². The normalized spacial score (nSPS) is 25.4. The highest BCUT2D eigenvalue weighted by Crippen LogP contribution is 2.31. The number of aryl methyl sites for hydroxylation is 1. The molecule has 2 atom stereocenters. The predicted molar refractivity (Wildman–Crippen MR) is 116 cm³/mol. The van der Waals surface area contributed by atoms with Crippen molar-refractivity contribution in [2.24, 2.45) is 0 Å². The lowest BCUT2D eigenvalue weighted by Gasteiger charge is -2.32. The minimum Gasteiger partial charge on any atom is -0.452 e. The van der Waals surface area contributed by atoms with Crippen LogP contribution in [0.5, 0.6) is 6.08 Å². The summed E-state index contributed by atoms with van der Waals surface area (Å²) in [4.78, 5) is 1.55. The molecule has 0 saturated carbocycles. The molecule has 2 aromatic heterocycles. The first-order chi connectivity index (χ1) is 15.1. The van der Waals surface area contributed by atoms with Crippen molar-refractivity contribution < 1.29 is 9.15 Å². The number of hydrogen-bond acceptors (Lipinski definition) is 9. The van der Waals surface area contributed by atoms with E-state index < -0.39 is 5.54 Å². The van der Waals surface area contributed by atoms with Crippen LogP contribution in [0.2, 0.25) is 0 Å². The average molecular weight is 429 g/mol. The average Bonchev–Trinajstić information content (AvgIpc) is 3.47. The summed E-state index contributed by atoms with van der Waals surface area (Å²) in [7, 11) is 1.50. The molecule has 31 heavy (non-hydrogen) atoms. The zero-order valence-corrected chi connectivity index (χ0v) is 18.9. The Morgan fingerprint density at radius 2 is 2.10 bits per heavy atom. The molecule has 10 heteroatoms. The predicted octanol–water partition coefficient (Wildman–Crippen LogP) is 2.49. The Labute approximate surface area is 182 Å². The molecule has 0 bridgehead atoms. The first kappa shape index (κ1) is 22.7. The monoisotopic (exact) mass is 428 g/mol. The van der Waals surface area contributed by atoms with Gasteiger partial charge in [0, 0.05) is 18.3 Å². The molecule has 168 valence electrons. The number of ether oxygens (including phenoxy) is 1. The lowest BCUT2D eigenvalue weighted by atomic mass is 9.94. The van der Waals surface area contributed by atoms with E-state index in [4.69, 9.17) is 9.15 Å². The summed E-state index contributed by atoms with van der Waals surface area (Å²) in [6, 6.07) is 0.171. The number of rotatable bonds is 7. The molecule has 0 spiro atoms. The lowest BCUT2D eigenvalue weighted by molar-refractivity contribution is 0.221. The van der Waals surface area contributed by atoms with Crippen LogP contribution in [0.1, 0.15) is 58.7 Å². The van der Waals surface area contributed by atoms with Crippen molar-refractivity contribution in [1.82, 2.24) is 41.0 Å². The molecule has 0 aromatic carbocycles. The van der Waals surface area contributed by atoms with Crippen LogP contribution in [0.15, 0.2) is 40.0 Å². The van der Waals surface area contributed by atoms with Crippen LogP contribution >= 0.6 is 0 Å². The van der Waals surface area contributed by atoms with Gasteiger partial charge in [-0.1, -0.05) is 36.3 Å². The van der Waals surface area contributed by atoms with Crippen LogP contribution in [-0.4, -0.2) is 50.1 Å². The summed E-state index contributed by atoms with van der Waals surface area (Å²) in [5.74, 6) is 0.818. The van der Waals surface area contributed by atoms with E-state index >= 15 is 0 Å². The van der Waals surface area contributed by atoms with Crippen molar-refractivity contribution in [3.63, 3.8) is 0 Å². The van der Waals surface area contributed by atoms with Gasteiger partial charge in [-0.3, -0.25) is 5.32 Å². The first-order valence-electron chi connectivity index (χ1n) is 10.7. The van der Waals surface area contributed by atoms with Gasteiger partial charge in [-0.05, 0) is 50.8 Å². The second kappa shape index (κ2) is 10.3. The van der Waals surface area contributed by atoms with E-state index in [2.05, 4.69) is 62.2 Å². The van der Waals surface area contributed by atoms with Gasteiger partial charge in [0.25, 0.3) is 0 Å². The van der Waals surface area contributed by atoms with Crippen LogP contribution in [0.4, 0.5) is 0 Å². The highest BCUT2D eigenvalue weighted by Gasteiger charge is 2.46. The minimum absolute atomic E-state index is 0.0919. The van der Waals surface area contributed by atoms with Gasteiger partial charge < -0.3 is 14.5 Å². The Bertz CT molecular complexity index is 901. The van der Waals surface area contributed by atoms with Gasteiger partial charge in [0.05, 0.1) is 13.7 Å². The second-order valence-corrected chi connectivity index (χ2v) is 7.46. The number of tetrazole rings is 1. The van der Waals surface area contributed by atoms with Gasteiger partial charge >= 0.3 is 6.08 Å². The third-order valence-electron chi connectivity index (χ3n) is 5.47. The highest BCUT2D eigenvalue weighted by molar-refractivity contribution is 5.29. The molecule has 0 fully saturated rings. The van der Waals surface area contributed by atoms with E-state index in [0.29, 0.717) is 24.8 Å². The molecular weight excluding hydrogens is 396 g/mol. The molecular formula is C21H32N8O2. The van der Waals surface area contributed by atoms with Crippen molar-refractivity contribution in [2.45, 2.75) is 65.1 Å². The SMILES string of the molecule is C\C=C/C=C\C1=C(/C)NCC(c2nnn(CC)n2)(c2nnc(OC)o2)NC(CC)CC1. The largest absolute Gasteiger partial charge is 0.452 e. The van der Waals surface area contributed by atoms with E-state index in [1.54, 1.807) is 4.80 Å². The number of methoxy groups -OCH3 is 1. The van der Waals surface area contributed by atoms with Crippen molar-refractivity contribution >= 4 is 0 Å². The molecule has 0 amide bonds. The zero-order valence-electron chi connectivity index (χ0n) is 18.9. The van der Waals surface area contributed by atoms with Gasteiger partial charge in [-0.15, -0.1) is 15.3 Å². The van der Waals surface area contributed by atoms with Gasteiger partial charge in [-0.2, -0.15) is 4.80 Å². The number of aromatic nitrogens is 6. The van der Waals surface area contributed by atoms with E-state index in [9.17, 15) is 0 Å². The molecule has 0 saturated heterocycles. The van der Waals surface area contributed by atoms with Gasteiger partial charge in [0.2, 0.25) is 11.7 Å². The molecule has 1 aliphatic heterocycles. The fourth-order valence-electron chi connectivity index (χ4n) is 3.55. The van der Waals surface area contributed by atoms with Crippen molar-refractivity contribution in [3.8, 4) is 6.08 Å².